The number of rotatable bonds is 0. The fourth-order valence-electron chi connectivity index (χ4n) is 3.67. The van der Waals surface area contributed by atoms with Crippen LogP contribution in [0, 0.1) is 10.8 Å². The first-order valence-electron chi connectivity index (χ1n) is 12.9. The Balaban J connectivity index is 0.000000642. The number of allylic oxidation sites excluding steroid dienone is 4. The molecule has 0 aliphatic heterocycles. The molecule has 2 aliphatic carbocycles. The third-order valence-electron chi connectivity index (χ3n) is 5.56. The van der Waals surface area contributed by atoms with Crippen molar-refractivity contribution in [3.63, 3.8) is 0 Å². The fraction of sp³-hybridized carbons (Fsp3) is 0.375. The molecule has 2 aliphatic rings. The summed E-state index contributed by atoms with van der Waals surface area (Å²) >= 11 is 0. The smallest absolute Gasteiger partial charge is 0.196 e. The van der Waals surface area contributed by atoms with E-state index in [2.05, 4.69) is 0 Å². The molecule has 0 saturated carbocycles. The van der Waals surface area contributed by atoms with E-state index < -0.39 is 34.0 Å². The summed E-state index contributed by atoms with van der Waals surface area (Å²) in [4.78, 5) is 48.1. The van der Waals surface area contributed by atoms with Gasteiger partial charge in [0.05, 0.1) is 11.1 Å². The van der Waals surface area contributed by atoms with Crippen molar-refractivity contribution in [1.82, 2.24) is 0 Å². The minimum atomic E-state index is -0.720. The monoisotopic (exact) mass is 596 g/mol. The van der Waals surface area contributed by atoms with E-state index in [0.29, 0.717) is 22.3 Å². The van der Waals surface area contributed by atoms with E-state index in [0.717, 1.165) is 0 Å². The molecule has 9 heteroatoms. The van der Waals surface area contributed by atoms with Crippen LogP contribution < -0.4 is 20.4 Å². The molecule has 0 bridgehead atoms. The van der Waals surface area contributed by atoms with Crippen LogP contribution in [-0.2, 0) is 21.7 Å². The molecule has 0 aromatic heterocycles. The summed E-state index contributed by atoms with van der Waals surface area (Å²) in [6, 6.07) is 13.1. The van der Waals surface area contributed by atoms with Gasteiger partial charge in [-0.2, -0.15) is 0 Å². The molecule has 0 unspecified atom stereocenters. The van der Waals surface area contributed by atoms with Crippen LogP contribution in [0.4, 0.5) is 0 Å². The van der Waals surface area contributed by atoms with Crippen molar-refractivity contribution in [2.24, 2.45) is 10.8 Å². The summed E-state index contributed by atoms with van der Waals surface area (Å²) in [5, 5.41) is 42.0. The van der Waals surface area contributed by atoms with Gasteiger partial charge in [0.15, 0.2) is 23.1 Å². The van der Waals surface area contributed by atoms with E-state index in [1.54, 1.807) is 104 Å². The van der Waals surface area contributed by atoms with Crippen molar-refractivity contribution in [1.29, 1.82) is 0 Å². The van der Waals surface area contributed by atoms with Crippen LogP contribution in [0.1, 0.15) is 96.8 Å². The number of carbonyl (C=O) groups excluding carboxylic acids is 4. The first-order valence-corrected chi connectivity index (χ1v) is 12.9. The van der Waals surface area contributed by atoms with E-state index in [4.69, 9.17) is 10.2 Å². The van der Waals surface area contributed by atoms with Gasteiger partial charge in [-0.3, -0.25) is 19.2 Å². The summed E-state index contributed by atoms with van der Waals surface area (Å²) in [7, 11) is 0. The molecule has 0 radical (unpaired) electrons. The van der Waals surface area contributed by atoms with Gasteiger partial charge in [-0.15, -0.1) is 24.7 Å². The van der Waals surface area contributed by atoms with Crippen LogP contribution >= 0.6 is 0 Å². The molecule has 0 saturated heterocycles. The van der Waals surface area contributed by atoms with Gasteiger partial charge in [0.2, 0.25) is 0 Å². The Hall–Kier alpha value is -3.17. The molecule has 0 fully saturated rings. The van der Waals surface area contributed by atoms with Crippen molar-refractivity contribution in [2.45, 2.75) is 55.4 Å². The molecule has 220 valence electrons. The van der Waals surface area contributed by atoms with Gasteiger partial charge in [-0.25, -0.2) is 0 Å². The maximum atomic E-state index is 12.1. The van der Waals surface area contributed by atoms with Crippen LogP contribution in [0.3, 0.4) is 0 Å². The van der Waals surface area contributed by atoms with Crippen LogP contribution in [0.25, 0.3) is 0 Å². The van der Waals surface area contributed by atoms with Crippen molar-refractivity contribution in [3.8, 4) is 0 Å². The predicted octanol–water partition coefficient (Wildman–Crippen LogP) is 2.18. The van der Waals surface area contributed by atoms with E-state index in [9.17, 15) is 29.4 Å². The first-order chi connectivity index (χ1) is 18.5. The Kier molecular flexibility index (Phi) is 14.5. The molecule has 0 amide bonds. The molecule has 0 spiro atoms. The third kappa shape index (κ3) is 8.91. The zero-order valence-electron chi connectivity index (χ0n) is 24.8. The summed E-state index contributed by atoms with van der Waals surface area (Å²) in [5.74, 6) is -2.53. The summed E-state index contributed by atoms with van der Waals surface area (Å²) < 4.78 is 0. The second-order valence-electron chi connectivity index (χ2n) is 10.9. The van der Waals surface area contributed by atoms with E-state index in [1.807, 2.05) is 0 Å². The minimum absolute atomic E-state index is 0. The molecule has 0 N–H and O–H groups in total. The summed E-state index contributed by atoms with van der Waals surface area (Å²) in [6.45, 7) is 13.3. The number of hydrogen-bond acceptors (Lipinski definition) is 8. The molecular weight excluding hydrogens is 560 g/mol. The molecule has 2 aromatic carbocycles. The number of fused-ring (bicyclic) bond motifs is 2. The Morgan fingerprint density at radius 2 is 0.707 bits per heavy atom. The van der Waals surface area contributed by atoms with Crippen molar-refractivity contribution < 1.29 is 61.3 Å². The normalized spacial score (nSPS) is 13.4. The van der Waals surface area contributed by atoms with Gasteiger partial charge in [-0.05, 0) is 10.8 Å². The van der Waals surface area contributed by atoms with Crippen LogP contribution in [0.5, 0.6) is 0 Å². The average molecular weight is 596 g/mol. The molecule has 2 aromatic rings. The Morgan fingerprint density at radius 3 is 0.854 bits per heavy atom. The van der Waals surface area contributed by atoms with Crippen molar-refractivity contribution >= 4 is 23.1 Å². The van der Waals surface area contributed by atoms with Gasteiger partial charge in [-0.1, -0.05) is 104 Å². The average Bonchev–Trinajstić information content (AvgIpc) is 3.28. The van der Waals surface area contributed by atoms with Crippen molar-refractivity contribution in [3.05, 3.63) is 93.4 Å². The molecule has 0 atom stereocenters. The standard InChI is InChI=1S/2C14H14O3.2C2H5O.Ti/c2*1-14(2,3)13(17)10-11(15)8-6-4-5-7-9(8)12(10)16;2*1-2-3;/h2*4-7,17H,1-3H3;2*2H2,1H3;/q;;2*-1;/p-2. The maximum Gasteiger partial charge on any atom is 0.196 e. The van der Waals surface area contributed by atoms with Crippen LogP contribution in [0.15, 0.2) is 71.2 Å². The van der Waals surface area contributed by atoms with Gasteiger partial charge in [0, 0.05) is 44.0 Å². The second-order valence-corrected chi connectivity index (χ2v) is 10.9. The number of benzene rings is 2. The van der Waals surface area contributed by atoms with Gasteiger partial charge >= 0.3 is 0 Å². The van der Waals surface area contributed by atoms with E-state index >= 15 is 0 Å². The Labute approximate surface area is 256 Å². The van der Waals surface area contributed by atoms with Gasteiger partial charge in [0.25, 0.3) is 0 Å². The SMILES string of the molecule is CC(C)(C)C([O-])=C1C(=O)c2ccccc2C1=O.CC(C)(C)C([O-])=C1C(=O)c2ccccc2C1=O.CC[O-].CC[O-].[Ti]. The fourth-order valence-corrected chi connectivity index (χ4v) is 3.67. The van der Waals surface area contributed by atoms with Crippen molar-refractivity contribution in [2.75, 3.05) is 13.2 Å². The molecule has 4 rings (SSSR count). The maximum absolute atomic E-state index is 12.1. The van der Waals surface area contributed by atoms with E-state index in [1.165, 1.54) is 0 Å². The van der Waals surface area contributed by atoms with Gasteiger partial charge in [0.1, 0.15) is 0 Å². The number of carbonyl (C=O) groups is 4. The summed E-state index contributed by atoms with van der Waals surface area (Å²) in [6.07, 6.45) is 0. The third-order valence-corrected chi connectivity index (χ3v) is 5.56. The molecule has 0 heterocycles. The molecule has 41 heavy (non-hydrogen) atoms. The zero-order valence-corrected chi connectivity index (χ0v) is 26.4. The predicted molar refractivity (Wildman–Crippen MR) is 144 cm³/mol. The Bertz CT molecular complexity index is 1160. The van der Waals surface area contributed by atoms with E-state index in [-0.39, 0.29) is 57.6 Å². The second kappa shape index (κ2) is 15.7. The molecule has 8 nitrogen and oxygen atoms in total. The number of Topliss-reactive ketones (excluding diaryl/α,β-unsaturated/α-hetero) is 4. The first kappa shape index (κ1) is 37.8. The summed E-state index contributed by atoms with van der Waals surface area (Å²) in [5.41, 5.74) is -0.478. The molecular formula is C32H36O8Ti-4. The van der Waals surface area contributed by atoms with Crippen LogP contribution in [0.2, 0.25) is 0 Å². The largest absolute Gasteiger partial charge is 0.874 e. The minimum Gasteiger partial charge on any atom is -0.874 e. The topological polar surface area (TPSA) is 161 Å². The van der Waals surface area contributed by atoms with Crippen LogP contribution in [-0.4, -0.2) is 36.3 Å². The number of ketones is 4. The number of hydrogen-bond donors (Lipinski definition) is 0. The Morgan fingerprint density at radius 1 is 0.537 bits per heavy atom. The zero-order chi connectivity index (χ0) is 31.0. The quantitative estimate of drug-likeness (QED) is 0.194. The van der Waals surface area contributed by atoms with Gasteiger partial charge < -0.3 is 20.4 Å².